The van der Waals surface area contributed by atoms with Crippen molar-refractivity contribution in [3.05, 3.63) is 76.8 Å². The predicted octanol–water partition coefficient (Wildman–Crippen LogP) is 1.21. The molecule has 26 heavy (non-hydrogen) atoms. The zero-order valence-electron chi connectivity index (χ0n) is 13.3. The summed E-state index contributed by atoms with van der Waals surface area (Å²) in [5.41, 5.74) is -0.128. The van der Waals surface area contributed by atoms with E-state index in [0.29, 0.717) is 15.2 Å². The molecule has 8 nitrogen and oxygen atoms in total. The highest BCUT2D eigenvalue weighted by atomic mass is 32.2. The molecule has 0 aliphatic heterocycles. The molecule has 0 radical (unpaired) electrons. The number of nitrogens with zero attached hydrogens (tertiary/aromatic N) is 2. The van der Waals surface area contributed by atoms with Gasteiger partial charge in [0.05, 0.1) is 23.2 Å². The summed E-state index contributed by atoms with van der Waals surface area (Å²) in [5, 5.41) is 18.8. The van der Waals surface area contributed by atoms with Crippen molar-refractivity contribution in [1.29, 1.82) is 0 Å². The Labute approximate surface area is 148 Å². The van der Waals surface area contributed by atoms with Crippen molar-refractivity contribution in [2.45, 2.75) is 11.3 Å². The molecular formula is C17H14N2O6S. The van der Waals surface area contributed by atoms with Gasteiger partial charge in [0.1, 0.15) is 0 Å². The molecule has 134 valence electrons. The second-order valence-corrected chi connectivity index (χ2v) is 7.25. The molecule has 0 atom stereocenters. The Bertz CT molecular complexity index is 1110. The molecule has 0 amide bonds. The van der Waals surface area contributed by atoms with Crippen molar-refractivity contribution in [3.63, 3.8) is 0 Å². The van der Waals surface area contributed by atoms with E-state index in [4.69, 9.17) is 5.11 Å². The van der Waals surface area contributed by atoms with Crippen molar-refractivity contribution in [1.82, 2.24) is 8.54 Å². The number of aromatic hydroxyl groups is 1. The van der Waals surface area contributed by atoms with Crippen LogP contribution < -0.4 is 5.69 Å². The molecule has 2 aromatic carbocycles. The van der Waals surface area contributed by atoms with Crippen molar-refractivity contribution < 1.29 is 23.4 Å². The molecule has 1 heterocycles. The molecule has 3 aromatic rings. The van der Waals surface area contributed by atoms with E-state index in [2.05, 4.69) is 0 Å². The molecule has 3 rings (SSSR count). The number of para-hydroxylation sites is 1. The number of benzene rings is 2. The SMILES string of the molecule is O=C(O)Cc1ccc(S(=O)(=O)n2c(O)cn(-c3ccccc3)c2=O)cc1. The smallest absolute Gasteiger partial charge is 0.350 e. The van der Waals surface area contributed by atoms with Gasteiger partial charge in [0, 0.05) is 0 Å². The van der Waals surface area contributed by atoms with E-state index in [1.807, 2.05) is 0 Å². The summed E-state index contributed by atoms with van der Waals surface area (Å²) in [6, 6.07) is 13.3. The lowest BCUT2D eigenvalue weighted by atomic mass is 10.2. The number of aliphatic carboxylic acids is 1. The van der Waals surface area contributed by atoms with E-state index in [9.17, 15) is 23.1 Å². The van der Waals surface area contributed by atoms with Gasteiger partial charge in [0.25, 0.3) is 10.0 Å². The second kappa shape index (κ2) is 6.52. The third-order valence-corrected chi connectivity index (χ3v) is 5.38. The summed E-state index contributed by atoms with van der Waals surface area (Å²) in [4.78, 5) is 23.0. The van der Waals surface area contributed by atoms with Crippen LogP contribution >= 0.6 is 0 Å². The lowest BCUT2D eigenvalue weighted by Crippen LogP contribution is -2.28. The first-order valence-corrected chi connectivity index (χ1v) is 8.90. The topological polar surface area (TPSA) is 119 Å². The Morgan fingerprint density at radius 3 is 2.19 bits per heavy atom. The van der Waals surface area contributed by atoms with Crippen LogP contribution in [0.3, 0.4) is 0 Å². The van der Waals surface area contributed by atoms with E-state index in [-0.39, 0.29) is 11.3 Å². The van der Waals surface area contributed by atoms with Crippen molar-refractivity contribution >= 4 is 16.0 Å². The van der Waals surface area contributed by atoms with Gasteiger partial charge in [-0.1, -0.05) is 30.3 Å². The standard InChI is InChI=1S/C17H14N2O6S/c20-15-11-18(13-4-2-1-3-5-13)17(23)19(15)26(24,25)14-8-6-12(7-9-14)10-16(21)22/h1-9,11,20H,10H2,(H,21,22). The van der Waals surface area contributed by atoms with E-state index in [0.717, 1.165) is 10.8 Å². The molecule has 0 saturated carbocycles. The van der Waals surface area contributed by atoms with Gasteiger partial charge in [0.15, 0.2) is 0 Å². The van der Waals surface area contributed by atoms with E-state index < -0.39 is 27.6 Å². The molecule has 0 aliphatic carbocycles. The maximum absolute atomic E-state index is 12.7. The van der Waals surface area contributed by atoms with E-state index >= 15 is 0 Å². The zero-order chi connectivity index (χ0) is 18.9. The Hall–Kier alpha value is -3.33. The van der Waals surface area contributed by atoms with Gasteiger partial charge in [-0.15, -0.1) is 3.97 Å². The number of aromatic nitrogens is 2. The number of rotatable bonds is 5. The van der Waals surface area contributed by atoms with Crippen LogP contribution in [-0.4, -0.2) is 33.1 Å². The minimum atomic E-state index is -4.35. The van der Waals surface area contributed by atoms with Crippen LogP contribution in [0.5, 0.6) is 5.88 Å². The maximum Gasteiger partial charge on any atom is 0.350 e. The van der Waals surface area contributed by atoms with Crippen LogP contribution in [0.2, 0.25) is 0 Å². The summed E-state index contributed by atoms with van der Waals surface area (Å²) < 4.78 is 26.8. The van der Waals surface area contributed by atoms with Gasteiger partial charge in [-0.3, -0.25) is 9.36 Å². The average Bonchev–Trinajstić information content (AvgIpc) is 2.90. The normalized spacial score (nSPS) is 11.4. The number of carboxylic acid groups (broad SMARTS) is 1. The third-order valence-electron chi connectivity index (χ3n) is 3.68. The summed E-state index contributed by atoms with van der Waals surface area (Å²) in [6.07, 6.45) is 0.768. The average molecular weight is 374 g/mol. The maximum atomic E-state index is 12.7. The Morgan fingerprint density at radius 1 is 1.00 bits per heavy atom. The second-order valence-electron chi connectivity index (χ2n) is 5.46. The monoisotopic (exact) mass is 374 g/mol. The first-order valence-electron chi connectivity index (χ1n) is 7.46. The van der Waals surface area contributed by atoms with Gasteiger partial charge in [-0.2, -0.15) is 0 Å². The van der Waals surface area contributed by atoms with Crippen LogP contribution in [0.1, 0.15) is 5.56 Å². The molecule has 0 unspecified atom stereocenters. The zero-order valence-corrected chi connectivity index (χ0v) is 14.1. The van der Waals surface area contributed by atoms with Crippen LogP contribution in [0.25, 0.3) is 5.69 Å². The highest BCUT2D eigenvalue weighted by Crippen LogP contribution is 2.20. The fourth-order valence-electron chi connectivity index (χ4n) is 2.48. The first kappa shape index (κ1) is 17.5. The van der Waals surface area contributed by atoms with Crippen molar-refractivity contribution in [2.24, 2.45) is 0 Å². The number of hydrogen-bond acceptors (Lipinski definition) is 5. The van der Waals surface area contributed by atoms with Crippen LogP contribution in [0, 0.1) is 0 Å². The third kappa shape index (κ3) is 3.11. The van der Waals surface area contributed by atoms with E-state index in [1.165, 1.54) is 24.3 Å². The fraction of sp³-hybridized carbons (Fsp3) is 0.0588. The largest absolute Gasteiger partial charge is 0.493 e. The molecule has 9 heteroatoms. The minimum absolute atomic E-state index is 0.241. The van der Waals surface area contributed by atoms with Gasteiger partial charge < -0.3 is 10.2 Å². The molecule has 1 aromatic heterocycles. The molecule has 2 N–H and O–H groups in total. The fourth-order valence-corrected chi connectivity index (χ4v) is 3.76. The molecule has 0 spiro atoms. The quantitative estimate of drug-likeness (QED) is 0.693. The van der Waals surface area contributed by atoms with Crippen molar-refractivity contribution in [3.8, 4) is 11.6 Å². The highest BCUT2D eigenvalue weighted by molar-refractivity contribution is 7.90. The number of carboxylic acids is 1. The van der Waals surface area contributed by atoms with Gasteiger partial charge in [-0.05, 0) is 29.8 Å². The number of carbonyl (C=O) groups is 1. The van der Waals surface area contributed by atoms with Crippen LogP contribution in [-0.2, 0) is 21.2 Å². The number of hydrogen-bond donors (Lipinski definition) is 2. The molecule has 0 aliphatic rings. The van der Waals surface area contributed by atoms with Gasteiger partial charge in [-0.25, -0.2) is 13.2 Å². The molecule has 0 fully saturated rings. The van der Waals surface area contributed by atoms with Crippen molar-refractivity contribution in [2.75, 3.05) is 0 Å². The molecule has 0 bridgehead atoms. The Balaban J connectivity index is 2.07. The molecule has 0 saturated heterocycles. The lowest BCUT2D eigenvalue weighted by molar-refractivity contribution is -0.136. The van der Waals surface area contributed by atoms with E-state index in [1.54, 1.807) is 30.3 Å². The highest BCUT2D eigenvalue weighted by Gasteiger charge is 2.25. The minimum Gasteiger partial charge on any atom is -0.493 e. The van der Waals surface area contributed by atoms with Gasteiger partial charge in [0.2, 0.25) is 5.88 Å². The lowest BCUT2D eigenvalue weighted by Gasteiger charge is -2.06. The van der Waals surface area contributed by atoms with Crippen LogP contribution in [0.4, 0.5) is 0 Å². The summed E-state index contributed by atoms with van der Waals surface area (Å²) in [5.74, 6) is -1.78. The Kier molecular flexibility index (Phi) is 4.39. The summed E-state index contributed by atoms with van der Waals surface area (Å²) >= 11 is 0. The first-order chi connectivity index (χ1) is 12.3. The summed E-state index contributed by atoms with van der Waals surface area (Å²) in [7, 11) is -4.35. The molecular weight excluding hydrogens is 360 g/mol. The van der Waals surface area contributed by atoms with Gasteiger partial charge >= 0.3 is 11.7 Å². The Morgan fingerprint density at radius 2 is 1.62 bits per heavy atom. The van der Waals surface area contributed by atoms with Crippen LogP contribution in [0.15, 0.2) is 70.5 Å². The summed E-state index contributed by atoms with van der Waals surface area (Å²) in [6.45, 7) is 0. The predicted molar refractivity (Wildman–Crippen MR) is 92.1 cm³/mol. The number of imidazole rings is 1.